The first kappa shape index (κ1) is 48.3. The van der Waals surface area contributed by atoms with Crippen LogP contribution in [0.4, 0.5) is 0 Å². The summed E-state index contributed by atoms with van der Waals surface area (Å²) in [7, 11) is 1.39. The second kappa shape index (κ2) is 32.7. The maximum atomic E-state index is 13.5. The molecule has 1 aliphatic heterocycles. The van der Waals surface area contributed by atoms with Crippen LogP contribution >= 0.6 is 0 Å². The van der Waals surface area contributed by atoms with E-state index in [-0.39, 0.29) is 19.1 Å². The highest BCUT2D eigenvalue weighted by molar-refractivity contribution is 5.94. The zero-order chi connectivity index (χ0) is 38.2. The molecule has 0 aromatic carbocycles. The van der Waals surface area contributed by atoms with Crippen LogP contribution in [0.1, 0.15) is 194 Å². The van der Waals surface area contributed by atoms with Gasteiger partial charge in [0.1, 0.15) is 30.8 Å². The van der Waals surface area contributed by atoms with Crippen LogP contribution in [0.5, 0.6) is 0 Å². The van der Waals surface area contributed by atoms with Gasteiger partial charge in [0.25, 0.3) is 0 Å². The third-order valence-electron chi connectivity index (χ3n) is 10.4. The Bertz CT molecular complexity index is 888. The number of esters is 1. The van der Waals surface area contributed by atoms with Crippen molar-refractivity contribution in [2.45, 2.75) is 225 Å². The molecule has 52 heavy (non-hydrogen) atoms. The first-order valence-corrected chi connectivity index (χ1v) is 21.6. The van der Waals surface area contributed by atoms with Gasteiger partial charge in [0.2, 0.25) is 11.8 Å². The van der Waals surface area contributed by atoms with E-state index in [1.165, 1.54) is 129 Å². The fourth-order valence-corrected chi connectivity index (χ4v) is 7.15. The van der Waals surface area contributed by atoms with Crippen LogP contribution in [0, 0.1) is 0 Å². The Morgan fingerprint density at radius 3 is 1.52 bits per heavy atom. The van der Waals surface area contributed by atoms with E-state index < -0.39 is 48.9 Å². The summed E-state index contributed by atoms with van der Waals surface area (Å²) in [5.41, 5.74) is 0. The van der Waals surface area contributed by atoms with Gasteiger partial charge in [-0.2, -0.15) is 0 Å². The molecule has 306 valence electrons. The van der Waals surface area contributed by atoms with Gasteiger partial charge in [-0.3, -0.25) is 14.4 Å². The second-order valence-corrected chi connectivity index (χ2v) is 15.1. The van der Waals surface area contributed by atoms with Crippen molar-refractivity contribution in [3.8, 4) is 0 Å². The molecule has 0 aromatic heterocycles. The van der Waals surface area contributed by atoms with E-state index >= 15 is 0 Å². The first-order valence-electron chi connectivity index (χ1n) is 21.6. The van der Waals surface area contributed by atoms with Crippen molar-refractivity contribution in [3.05, 3.63) is 0 Å². The summed E-state index contributed by atoms with van der Waals surface area (Å²) in [5, 5.41) is 24.7. The number of amides is 2. The SMILES string of the molecule is CCCCCCCCCCCCCCCCCCN(C[C@H]1O[C@H](OC)[C@H](NC(=O)CC(=O)OCC)[C@@H](O)[C@@H]1O)C(=O)CCCCCCCCCCC. The van der Waals surface area contributed by atoms with Gasteiger partial charge in [0, 0.05) is 26.6 Å². The molecule has 1 saturated heterocycles. The first-order chi connectivity index (χ1) is 25.3. The number of methoxy groups -OCH3 is 1. The highest BCUT2D eigenvalue weighted by Crippen LogP contribution is 2.24. The molecule has 2 amide bonds. The Balaban J connectivity index is 2.56. The highest BCUT2D eigenvalue weighted by atomic mass is 16.7. The lowest BCUT2D eigenvalue weighted by atomic mass is 9.95. The Morgan fingerprint density at radius 1 is 0.635 bits per heavy atom. The molecule has 1 heterocycles. The average molecular weight is 741 g/mol. The Hall–Kier alpha value is -1.75. The number of rotatable bonds is 34. The minimum absolute atomic E-state index is 0.0352. The van der Waals surface area contributed by atoms with Gasteiger partial charge in [-0.1, -0.05) is 162 Å². The van der Waals surface area contributed by atoms with Gasteiger partial charge < -0.3 is 34.6 Å². The van der Waals surface area contributed by atoms with Crippen LogP contribution < -0.4 is 5.32 Å². The van der Waals surface area contributed by atoms with E-state index in [9.17, 15) is 24.6 Å². The number of carbonyl (C=O) groups is 3. The van der Waals surface area contributed by atoms with Gasteiger partial charge in [-0.25, -0.2) is 0 Å². The molecule has 1 fully saturated rings. The normalized spacial score (nSPS) is 20.2. The molecule has 5 atom stereocenters. The molecule has 0 spiro atoms. The summed E-state index contributed by atoms with van der Waals surface area (Å²) in [6, 6.07) is -1.09. The minimum Gasteiger partial charge on any atom is -0.466 e. The van der Waals surface area contributed by atoms with Gasteiger partial charge in [0.15, 0.2) is 6.29 Å². The maximum absolute atomic E-state index is 13.5. The summed E-state index contributed by atoms with van der Waals surface area (Å²) < 4.78 is 16.3. The highest BCUT2D eigenvalue weighted by Gasteiger charge is 2.46. The van der Waals surface area contributed by atoms with Crippen LogP contribution in [0.2, 0.25) is 0 Å². The lowest BCUT2D eigenvalue weighted by molar-refractivity contribution is -0.259. The lowest BCUT2D eigenvalue weighted by Crippen LogP contribution is -2.65. The Kier molecular flexibility index (Phi) is 30.3. The third-order valence-corrected chi connectivity index (χ3v) is 10.4. The van der Waals surface area contributed by atoms with Gasteiger partial charge in [-0.05, 0) is 19.8 Å². The summed E-state index contributed by atoms with van der Waals surface area (Å²) in [6.07, 6.45) is 26.2. The quantitative estimate of drug-likeness (QED) is 0.0340. The molecule has 0 unspecified atom stereocenters. The van der Waals surface area contributed by atoms with E-state index in [4.69, 9.17) is 14.2 Å². The topological polar surface area (TPSA) is 135 Å². The number of nitrogens with zero attached hydrogens (tertiary/aromatic N) is 1. The number of ether oxygens (including phenoxy) is 3. The van der Waals surface area contributed by atoms with Crippen molar-refractivity contribution in [1.82, 2.24) is 10.2 Å². The van der Waals surface area contributed by atoms with Gasteiger partial charge >= 0.3 is 5.97 Å². The Labute approximate surface area is 317 Å². The maximum Gasteiger partial charge on any atom is 0.315 e. The molecule has 1 rings (SSSR count). The number of hydrogen-bond acceptors (Lipinski definition) is 8. The van der Waals surface area contributed by atoms with E-state index in [0.29, 0.717) is 13.0 Å². The summed E-state index contributed by atoms with van der Waals surface area (Å²) in [5.74, 6) is -1.32. The summed E-state index contributed by atoms with van der Waals surface area (Å²) in [6.45, 7) is 6.98. The minimum atomic E-state index is -1.42. The largest absolute Gasteiger partial charge is 0.466 e. The Morgan fingerprint density at radius 2 is 1.08 bits per heavy atom. The van der Waals surface area contributed by atoms with E-state index in [0.717, 1.165) is 38.5 Å². The van der Waals surface area contributed by atoms with Crippen LogP contribution in [0.3, 0.4) is 0 Å². The standard InChI is InChI=1S/C42H80N2O8/c1-5-8-10-12-14-16-17-18-19-20-21-22-24-26-28-30-32-44(37(46)31-29-27-25-23-15-13-11-9-6-2)34-35-40(48)41(49)39(42(50-4)52-35)43-36(45)33-38(47)51-7-3/h35,39-42,48-49H,5-34H2,1-4H3,(H,43,45)/t35-,39-,40-,41-,42+/m1/s1. The number of carbonyl (C=O) groups excluding carboxylic acids is 3. The van der Waals surface area contributed by atoms with E-state index in [2.05, 4.69) is 19.2 Å². The molecule has 0 aromatic rings. The number of nitrogens with one attached hydrogen (secondary N) is 1. The zero-order valence-electron chi connectivity index (χ0n) is 33.9. The van der Waals surface area contributed by atoms with Crippen molar-refractivity contribution in [1.29, 1.82) is 0 Å². The second-order valence-electron chi connectivity index (χ2n) is 15.1. The van der Waals surface area contributed by atoms with E-state index in [1.807, 2.05) is 0 Å². The zero-order valence-corrected chi connectivity index (χ0v) is 33.9. The van der Waals surface area contributed by atoms with Crippen LogP contribution in [-0.2, 0) is 28.6 Å². The molecule has 0 saturated carbocycles. The van der Waals surface area contributed by atoms with Crippen molar-refractivity contribution in [2.75, 3.05) is 26.8 Å². The average Bonchev–Trinajstić information content (AvgIpc) is 3.13. The van der Waals surface area contributed by atoms with Crippen molar-refractivity contribution >= 4 is 17.8 Å². The number of aliphatic hydroxyl groups is 2. The fraction of sp³-hybridized carbons (Fsp3) is 0.929. The molecule has 1 aliphatic rings. The number of unbranched alkanes of at least 4 members (excludes halogenated alkanes) is 23. The van der Waals surface area contributed by atoms with Crippen LogP contribution in [0.15, 0.2) is 0 Å². The predicted molar refractivity (Wildman–Crippen MR) is 209 cm³/mol. The molecular formula is C42H80N2O8. The molecular weight excluding hydrogens is 660 g/mol. The molecule has 10 nitrogen and oxygen atoms in total. The monoisotopic (exact) mass is 741 g/mol. The molecule has 0 aliphatic carbocycles. The number of hydrogen-bond donors (Lipinski definition) is 3. The summed E-state index contributed by atoms with van der Waals surface area (Å²) in [4.78, 5) is 39.5. The molecule has 3 N–H and O–H groups in total. The predicted octanol–water partition coefficient (Wildman–Crippen LogP) is 8.53. The van der Waals surface area contributed by atoms with Crippen molar-refractivity contribution in [3.63, 3.8) is 0 Å². The smallest absolute Gasteiger partial charge is 0.315 e. The summed E-state index contributed by atoms with van der Waals surface area (Å²) >= 11 is 0. The molecule has 10 heteroatoms. The molecule has 0 bridgehead atoms. The van der Waals surface area contributed by atoms with Gasteiger partial charge in [0.05, 0.1) is 6.61 Å². The van der Waals surface area contributed by atoms with Gasteiger partial charge in [-0.15, -0.1) is 0 Å². The number of aliphatic hydroxyl groups excluding tert-OH is 2. The third kappa shape index (κ3) is 23.1. The molecule has 0 radical (unpaired) electrons. The van der Waals surface area contributed by atoms with E-state index in [1.54, 1.807) is 11.8 Å². The van der Waals surface area contributed by atoms with Crippen LogP contribution in [0.25, 0.3) is 0 Å². The lowest BCUT2D eigenvalue weighted by Gasteiger charge is -2.43. The fourth-order valence-electron chi connectivity index (χ4n) is 7.15. The van der Waals surface area contributed by atoms with Crippen LogP contribution in [-0.4, -0.2) is 90.3 Å². The van der Waals surface area contributed by atoms with Crippen molar-refractivity contribution in [2.24, 2.45) is 0 Å². The van der Waals surface area contributed by atoms with Crippen molar-refractivity contribution < 1.29 is 38.8 Å².